The fourth-order valence-corrected chi connectivity index (χ4v) is 1.22. The Bertz CT molecular complexity index is 417. The lowest BCUT2D eigenvalue weighted by Crippen LogP contribution is -2.40. The van der Waals surface area contributed by atoms with E-state index in [4.69, 9.17) is 5.11 Å². The molecule has 0 fully saturated rings. The minimum absolute atomic E-state index is 0.333. The second-order valence-electron chi connectivity index (χ2n) is 3.62. The van der Waals surface area contributed by atoms with E-state index in [-0.39, 0.29) is 5.91 Å². The van der Waals surface area contributed by atoms with Gasteiger partial charge in [0.05, 0.1) is 5.56 Å². The van der Waals surface area contributed by atoms with Gasteiger partial charge in [-0.05, 0) is 25.5 Å². The fourth-order valence-electron chi connectivity index (χ4n) is 1.22. The van der Waals surface area contributed by atoms with Crippen LogP contribution in [-0.4, -0.2) is 40.0 Å². The minimum Gasteiger partial charge on any atom is -0.480 e. The van der Waals surface area contributed by atoms with Crippen LogP contribution in [0.2, 0.25) is 0 Å². The van der Waals surface area contributed by atoms with Crippen molar-refractivity contribution in [1.82, 2.24) is 9.88 Å². The number of aromatic nitrogens is 1. The molecule has 0 aliphatic rings. The molecule has 0 spiro atoms. The van der Waals surface area contributed by atoms with Gasteiger partial charge < -0.3 is 10.0 Å². The van der Waals surface area contributed by atoms with Crippen LogP contribution in [0.15, 0.2) is 18.5 Å². The maximum absolute atomic E-state index is 11.9. The van der Waals surface area contributed by atoms with Crippen LogP contribution < -0.4 is 0 Å². The Morgan fingerprint density at radius 3 is 2.62 bits per heavy atom. The van der Waals surface area contributed by atoms with Crippen LogP contribution in [0.1, 0.15) is 22.8 Å². The summed E-state index contributed by atoms with van der Waals surface area (Å²) < 4.78 is 0. The van der Waals surface area contributed by atoms with Gasteiger partial charge in [0.15, 0.2) is 0 Å². The monoisotopic (exact) mass is 222 g/mol. The Morgan fingerprint density at radius 2 is 2.12 bits per heavy atom. The third kappa shape index (κ3) is 2.36. The molecule has 1 unspecified atom stereocenters. The molecule has 16 heavy (non-hydrogen) atoms. The summed E-state index contributed by atoms with van der Waals surface area (Å²) in [5.74, 6) is -1.36. The zero-order chi connectivity index (χ0) is 12.3. The number of carboxylic acid groups (broad SMARTS) is 1. The van der Waals surface area contributed by atoms with Gasteiger partial charge >= 0.3 is 5.97 Å². The molecule has 5 heteroatoms. The van der Waals surface area contributed by atoms with E-state index in [9.17, 15) is 9.59 Å². The zero-order valence-corrected chi connectivity index (χ0v) is 9.47. The normalized spacial score (nSPS) is 11.9. The Labute approximate surface area is 93.7 Å². The predicted octanol–water partition coefficient (Wildman–Crippen LogP) is 0.935. The first kappa shape index (κ1) is 12.2. The number of pyridine rings is 1. The van der Waals surface area contributed by atoms with Crippen molar-refractivity contribution < 1.29 is 14.7 Å². The molecule has 0 radical (unpaired) electrons. The molecule has 0 aromatic carbocycles. The van der Waals surface area contributed by atoms with E-state index < -0.39 is 12.0 Å². The van der Waals surface area contributed by atoms with E-state index in [0.29, 0.717) is 5.56 Å². The Morgan fingerprint density at radius 1 is 1.50 bits per heavy atom. The topological polar surface area (TPSA) is 70.5 Å². The zero-order valence-electron chi connectivity index (χ0n) is 9.47. The second kappa shape index (κ2) is 4.74. The van der Waals surface area contributed by atoms with Crippen LogP contribution in [0.25, 0.3) is 0 Å². The molecule has 1 atom stereocenters. The third-order valence-electron chi connectivity index (χ3n) is 2.53. The molecule has 1 rings (SSSR count). The maximum atomic E-state index is 11.9. The van der Waals surface area contributed by atoms with Gasteiger partial charge in [-0.25, -0.2) is 4.79 Å². The highest BCUT2D eigenvalue weighted by Gasteiger charge is 2.23. The van der Waals surface area contributed by atoms with Crippen molar-refractivity contribution in [1.29, 1.82) is 0 Å². The quantitative estimate of drug-likeness (QED) is 0.826. The Hall–Kier alpha value is -1.91. The molecule has 1 aromatic heterocycles. The molecule has 0 aliphatic heterocycles. The van der Waals surface area contributed by atoms with Crippen LogP contribution in [0.3, 0.4) is 0 Å². The van der Waals surface area contributed by atoms with E-state index in [1.54, 1.807) is 19.2 Å². The molecule has 0 saturated heterocycles. The molecule has 1 N–H and O–H groups in total. The number of hydrogen-bond acceptors (Lipinski definition) is 3. The smallest absolute Gasteiger partial charge is 0.326 e. The molecule has 0 aliphatic carbocycles. The van der Waals surface area contributed by atoms with Crippen molar-refractivity contribution in [3.05, 3.63) is 29.6 Å². The van der Waals surface area contributed by atoms with E-state index in [0.717, 1.165) is 5.56 Å². The molecule has 86 valence electrons. The second-order valence-corrected chi connectivity index (χ2v) is 3.62. The number of hydrogen-bond donors (Lipinski definition) is 1. The SMILES string of the molecule is Cc1ccncc1C(=O)N(C)C(C)C(=O)O. The lowest BCUT2D eigenvalue weighted by Gasteiger charge is -2.21. The average molecular weight is 222 g/mol. The molecule has 1 aromatic rings. The van der Waals surface area contributed by atoms with Gasteiger partial charge in [-0.1, -0.05) is 0 Å². The highest BCUT2D eigenvalue weighted by atomic mass is 16.4. The molecule has 0 saturated carbocycles. The van der Waals surface area contributed by atoms with Crippen molar-refractivity contribution in [2.75, 3.05) is 7.05 Å². The summed E-state index contributed by atoms with van der Waals surface area (Å²) in [6.07, 6.45) is 3.04. The number of amides is 1. The summed E-state index contributed by atoms with van der Waals surface area (Å²) in [5, 5.41) is 8.81. The van der Waals surface area contributed by atoms with Gasteiger partial charge in [-0.3, -0.25) is 9.78 Å². The van der Waals surface area contributed by atoms with Crippen LogP contribution >= 0.6 is 0 Å². The van der Waals surface area contributed by atoms with Crippen molar-refractivity contribution in [2.24, 2.45) is 0 Å². The standard InChI is InChI=1S/C11H14N2O3/c1-7-4-5-12-6-9(7)10(14)13(3)8(2)11(15)16/h4-6,8H,1-3H3,(H,15,16). The van der Waals surface area contributed by atoms with E-state index in [1.165, 1.54) is 25.1 Å². The van der Waals surface area contributed by atoms with Gasteiger partial charge in [-0.15, -0.1) is 0 Å². The van der Waals surface area contributed by atoms with Gasteiger partial charge in [0.1, 0.15) is 6.04 Å². The Kier molecular flexibility index (Phi) is 3.60. The number of carbonyl (C=O) groups excluding carboxylic acids is 1. The molecule has 5 nitrogen and oxygen atoms in total. The number of nitrogens with zero attached hydrogens (tertiary/aromatic N) is 2. The summed E-state index contributed by atoms with van der Waals surface area (Å²) in [4.78, 5) is 27.7. The largest absolute Gasteiger partial charge is 0.480 e. The summed E-state index contributed by atoms with van der Waals surface area (Å²) in [5.41, 5.74) is 1.21. The highest BCUT2D eigenvalue weighted by Crippen LogP contribution is 2.10. The minimum atomic E-state index is -1.03. The molecule has 0 bridgehead atoms. The number of rotatable bonds is 3. The number of aliphatic carboxylic acids is 1. The van der Waals surface area contributed by atoms with Crippen LogP contribution in [0, 0.1) is 6.92 Å². The van der Waals surface area contributed by atoms with Crippen molar-refractivity contribution >= 4 is 11.9 Å². The third-order valence-corrected chi connectivity index (χ3v) is 2.53. The summed E-state index contributed by atoms with van der Waals surface area (Å²) in [6.45, 7) is 3.25. The number of carboxylic acids is 1. The first-order chi connectivity index (χ1) is 7.45. The number of likely N-dealkylation sites (N-methyl/N-ethyl adjacent to an activating group) is 1. The predicted molar refractivity (Wildman–Crippen MR) is 58.2 cm³/mol. The van der Waals surface area contributed by atoms with Crippen LogP contribution in [0.5, 0.6) is 0 Å². The molecular weight excluding hydrogens is 208 g/mol. The van der Waals surface area contributed by atoms with E-state index in [2.05, 4.69) is 4.98 Å². The fraction of sp³-hybridized carbons (Fsp3) is 0.364. The summed E-state index contributed by atoms with van der Waals surface area (Å²) in [6, 6.07) is 0.860. The molecular formula is C11H14N2O3. The van der Waals surface area contributed by atoms with Gasteiger partial charge in [0, 0.05) is 19.4 Å². The van der Waals surface area contributed by atoms with Crippen molar-refractivity contribution in [2.45, 2.75) is 19.9 Å². The van der Waals surface area contributed by atoms with Gasteiger partial charge in [0.2, 0.25) is 0 Å². The first-order valence-corrected chi connectivity index (χ1v) is 4.85. The number of carbonyl (C=O) groups is 2. The summed E-state index contributed by atoms with van der Waals surface area (Å²) in [7, 11) is 1.47. The average Bonchev–Trinajstić information content (AvgIpc) is 2.26. The molecule has 1 amide bonds. The summed E-state index contributed by atoms with van der Waals surface area (Å²) >= 11 is 0. The Balaban J connectivity index is 2.95. The van der Waals surface area contributed by atoms with Crippen molar-refractivity contribution in [3.63, 3.8) is 0 Å². The lowest BCUT2D eigenvalue weighted by molar-refractivity contribution is -0.141. The van der Waals surface area contributed by atoms with Gasteiger partial charge in [-0.2, -0.15) is 0 Å². The van der Waals surface area contributed by atoms with E-state index in [1.807, 2.05) is 0 Å². The first-order valence-electron chi connectivity index (χ1n) is 4.85. The van der Waals surface area contributed by atoms with Gasteiger partial charge in [0.25, 0.3) is 5.91 Å². The maximum Gasteiger partial charge on any atom is 0.326 e. The van der Waals surface area contributed by atoms with Crippen molar-refractivity contribution in [3.8, 4) is 0 Å². The van der Waals surface area contributed by atoms with E-state index >= 15 is 0 Å². The number of aryl methyl sites for hydroxylation is 1. The highest BCUT2D eigenvalue weighted by molar-refractivity contribution is 5.97. The van der Waals surface area contributed by atoms with Crippen LogP contribution in [0.4, 0.5) is 0 Å². The lowest BCUT2D eigenvalue weighted by atomic mass is 10.1. The molecule has 1 heterocycles. The van der Waals surface area contributed by atoms with Crippen LogP contribution in [-0.2, 0) is 4.79 Å².